The van der Waals surface area contributed by atoms with Gasteiger partial charge in [0.25, 0.3) is 5.56 Å². The highest BCUT2D eigenvalue weighted by atomic mass is 32.1. The minimum atomic E-state index is -0.618. The second-order valence-electron chi connectivity index (χ2n) is 9.40. The van der Waals surface area contributed by atoms with Crippen LogP contribution in [0.1, 0.15) is 41.9 Å². The van der Waals surface area contributed by atoms with E-state index in [1.165, 1.54) is 18.4 Å². The Morgan fingerprint density at radius 1 is 1.13 bits per heavy atom. The van der Waals surface area contributed by atoms with Crippen molar-refractivity contribution in [1.82, 2.24) is 9.13 Å². The molecule has 8 nitrogen and oxygen atoms in total. The number of aryl methyl sites for hydroxylation is 1. The van der Waals surface area contributed by atoms with E-state index in [1.807, 2.05) is 75.4 Å². The third kappa shape index (κ3) is 4.10. The van der Waals surface area contributed by atoms with Crippen LogP contribution in [-0.4, -0.2) is 29.0 Å². The van der Waals surface area contributed by atoms with E-state index in [0.29, 0.717) is 32.8 Å². The molecular formula is C30H27N3O5S. The number of thiazole rings is 1. The van der Waals surface area contributed by atoms with Crippen LogP contribution in [0.3, 0.4) is 0 Å². The molecule has 4 aromatic rings. The van der Waals surface area contributed by atoms with Crippen LogP contribution in [0.5, 0.6) is 11.5 Å². The maximum Gasteiger partial charge on any atom is 0.338 e. The summed E-state index contributed by atoms with van der Waals surface area (Å²) in [6.45, 7) is 6.22. The normalized spacial score (nSPS) is 16.3. The van der Waals surface area contributed by atoms with Gasteiger partial charge in [0.05, 0.1) is 29.0 Å². The number of ether oxygens (including phenoxy) is 3. The van der Waals surface area contributed by atoms with Crippen molar-refractivity contribution in [1.29, 1.82) is 0 Å². The fourth-order valence-corrected chi connectivity index (χ4v) is 6.32. The zero-order chi connectivity index (χ0) is 27.3. The number of rotatable bonds is 5. The average Bonchev–Trinajstić information content (AvgIpc) is 3.63. The summed E-state index contributed by atoms with van der Waals surface area (Å²) in [4.78, 5) is 32.2. The SMILES string of the molecule is CCC1=C(C(=O)OC)[C@H](c2ccccc2)n2c(s/c(=C\c3cc(C)n(-c4ccc5c(c4)OCO5)c3C)c2=O)=N1. The maximum absolute atomic E-state index is 13.9. The van der Waals surface area contributed by atoms with E-state index in [2.05, 4.69) is 10.6 Å². The Morgan fingerprint density at radius 3 is 2.64 bits per heavy atom. The molecule has 0 N–H and O–H groups in total. The smallest absolute Gasteiger partial charge is 0.338 e. The summed E-state index contributed by atoms with van der Waals surface area (Å²) in [5.74, 6) is 0.961. The van der Waals surface area contributed by atoms with Crippen LogP contribution in [0, 0.1) is 13.8 Å². The number of carbonyl (C=O) groups excluding carboxylic acids is 1. The molecular weight excluding hydrogens is 514 g/mol. The largest absolute Gasteiger partial charge is 0.466 e. The molecule has 198 valence electrons. The van der Waals surface area contributed by atoms with Gasteiger partial charge in [-0.2, -0.15) is 0 Å². The summed E-state index contributed by atoms with van der Waals surface area (Å²) < 4.78 is 20.5. The quantitative estimate of drug-likeness (QED) is 0.358. The molecule has 6 rings (SSSR count). The number of carbonyl (C=O) groups is 1. The molecule has 0 aliphatic carbocycles. The topological polar surface area (TPSA) is 84.0 Å². The first-order chi connectivity index (χ1) is 18.9. The molecule has 0 bridgehead atoms. The fourth-order valence-electron chi connectivity index (χ4n) is 5.31. The van der Waals surface area contributed by atoms with Crippen molar-refractivity contribution in [2.45, 2.75) is 33.2 Å². The van der Waals surface area contributed by atoms with Gasteiger partial charge >= 0.3 is 5.97 Å². The number of nitrogens with zero attached hydrogens (tertiary/aromatic N) is 3. The van der Waals surface area contributed by atoms with Gasteiger partial charge in [0.15, 0.2) is 16.3 Å². The van der Waals surface area contributed by atoms with Crippen LogP contribution in [0.15, 0.2) is 75.7 Å². The summed E-state index contributed by atoms with van der Waals surface area (Å²) in [6.07, 6.45) is 2.45. The highest BCUT2D eigenvalue weighted by Crippen LogP contribution is 2.35. The number of aromatic nitrogens is 2. The predicted molar refractivity (Wildman–Crippen MR) is 148 cm³/mol. The molecule has 0 saturated heterocycles. The van der Waals surface area contributed by atoms with E-state index < -0.39 is 12.0 Å². The Labute approximate surface area is 228 Å². The lowest BCUT2D eigenvalue weighted by molar-refractivity contribution is -0.136. The predicted octanol–water partition coefficient (Wildman–Crippen LogP) is 3.93. The Morgan fingerprint density at radius 2 is 1.90 bits per heavy atom. The minimum absolute atomic E-state index is 0.197. The summed E-state index contributed by atoms with van der Waals surface area (Å²) >= 11 is 1.33. The van der Waals surface area contributed by atoms with Crippen molar-refractivity contribution < 1.29 is 19.0 Å². The lowest BCUT2D eigenvalue weighted by Crippen LogP contribution is -2.40. The Bertz CT molecular complexity index is 1830. The zero-order valence-corrected chi connectivity index (χ0v) is 22.9. The fraction of sp³-hybridized carbons (Fsp3) is 0.233. The molecule has 2 aliphatic heterocycles. The minimum Gasteiger partial charge on any atom is -0.466 e. The standard InChI is InChI=1S/C30H27N3O5S/c1-5-22-26(29(35)36-4)27(19-9-7-6-8-10-19)33-28(34)25(39-30(33)31-22)14-20-13-17(2)32(18(20)3)21-11-12-23-24(15-21)38-16-37-23/h6-15,27H,5,16H2,1-4H3/b25-14-/t27-/m0/s1. The van der Waals surface area contributed by atoms with Gasteiger partial charge in [-0.15, -0.1) is 0 Å². The molecule has 39 heavy (non-hydrogen) atoms. The van der Waals surface area contributed by atoms with Crippen LogP contribution in [0.25, 0.3) is 11.8 Å². The monoisotopic (exact) mass is 541 g/mol. The molecule has 9 heteroatoms. The third-order valence-corrected chi connectivity index (χ3v) is 8.12. The second kappa shape index (κ2) is 9.74. The zero-order valence-electron chi connectivity index (χ0n) is 22.1. The highest BCUT2D eigenvalue weighted by molar-refractivity contribution is 7.07. The van der Waals surface area contributed by atoms with Gasteiger partial charge in [-0.1, -0.05) is 48.6 Å². The molecule has 2 aromatic heterocycles. The lowest BCUT2D eigenvalue weighted by Gasteiger charge is -2.25. The van der Waals surface area contributed by atoms with Crippen LogP contribution < -0.4 is 24.4 Å². The highest BCUT2D eigenvalue weighted by Gasteiger charge is 2.33. The Hall–Kier alpha value is -4.37. The second-order valence-corrected chi connectivity index (χ2v) is 10.4. The molecule has 0 amide bonds. The van der Waals surface area contributed by atoms with Gasteiger partial charge in [-0.3, -0.25) is 9.36 Å². The van der Waals surface area contributed by atoms with Crippen LogP contribution in [0.2, 0.25) is 0 Å². The number of methoxy groups -OCH3 is 1. The molecule has 2 aromatic carbocycles. The van der Waals surface area contributed by atoms with Crippen molar-refractivity contribution in [2.75, 3.05) is 13.9 Å². The van der Waals surface area contributed by atoms with Crippen LogP contribution in [0.4, 0.5) is 0 Å². The summed E-state index contributed by atoms with van der Waals surface area (Å²) in [5, 5.41) is 0. The lowest BCUT2D eigenvalue weighted by atomic mass is 9.95. The van der Waals surface area contributed by atoms with Gasteiger partial charge in [0, 0.05) is 23.1 Å². The maximum atomic E-state index is 13.9. The van der Waals surface area contributed by atoms with Crippen molar-refractivity contribution in [3.05, 3.63) is 108 Å². The van der Waals surface area contributed by atoms with Gasteiger partial charge < -0.3 is 18.8 Å². The molecule has 0 unspecified atom stereocenters. The van der Waals surface area contributed by atoms with Gasteiger partial charge in [0.2, 0.25) is 6.79 Å². The molecule has 0 fully saturated rings. The van der Waals surface area contributed by atoms with E-state index in [4.69, 9.17) is 19.2 Å². The number of hydrogen-bond donors (Lipinski definition) is 0. The van der Waals surface area contributed by atoms with E-state index >= 15 is 0 Å². The van der Waals surface area contributed by atoms with Gasteiger partial charge in [-0.25, -0.2) is 9.79 Å². The molecule has 0 radical (unpaired) electrons. The summed E-state index contributed by atoms with van der Waals surface area (Å²) in [5.41, 5.74) is 5.54. The summed E-state index contributed by atoms with van der Waals surface area (Å²) in [6, 6.07) is 16.8. The number of allylic oxidation sites excluding steroid dienone is 1. The van der Waals surface area contributed by atoms with Crippen molar-refractivity contribution >= 4 is 23.4 Å². The van der Waals surface area contributed by atoms with Gasteiger partial charge in [0.1, 0.15) is 0 Å². The van der Waals surface area contributed by atoms with Crippen LogP contribution >= 0.6 is 11.3 Å². The van der Waals surface area contributed by atoms with Crippen LogP contribution in [-0.2, 0) is 9.53 Å². The molecule has 4 heterocycles. The van der Waals surface area contributed by atoms with E-state index in [9.17, 15) is 9.59 Å². The number of fused-ring (bicyclic) bond motifs is 2. The Kier molecular flexibility index (Phi) is 6.23. The van der Waals surface area contributed by atoms with E-state index in [1.54, 1.807) is 4.57 Å². The molecule has 0 saturated carbocycles. The first-order valence-corrected chi connectivity index (χ1v) is 13.5. The summed E-state index contributed by atoms with van der Waals surface area (Å²) in [7, 11) is 1.35. The van der Waals surface area contributed by atoms with Crippen molar-refractivity contribution in [3.63, 3.8) is 0 Å². The Balaban J connectivity index is 1.51. The average molecular weight is 542 g/mol. The first kappa shape index (κ1) is 24.9. The van der Waals surface area contributed by atoms with Crippen molar-refractivity contribution in [3.8, 4) is 17.2 Å². The van der Waals surface area contributed by atoms with E-state index in [0.717, 1.165) is 34.0 Å². The number of esters is 1. The number of benzene rings is 2. The molecule has 2 aliphatic rings. The van der Waals surface area contributed by atoms with Gasteiger partial charge in [-0.05, 0) is 55.7 Å². The van der Waals surface area contributed by atoms with E-state index in [-0.39, 0.29) is 12.4 Å². The molecule has 1 atom stereocenters. The third-order valence-electron chi connectivity index (χ3n) is 7.14. The number of hydrogen-bond acceptors (Lipinski definition) is 7. The van der Waals surface area contributed by atoms with Crippen molar-refractivity contribution in [2.24, 2.45) is 4.99 Å². The molecule has 0 spiro atoms. The first-order valence-electron chi connectivity index (χ1n) is 12.7.